The summed E-state index contributed by atoms with van der Waals surface area (Å²) in [7, 11) is 0. The van der Waals surface area contributed by atoms with E-state index in [1.165, 1.54) is 18.2 Å². The first-order valence-electron chi connectivity index (χ1n) is 8.49. The van der Waals surface area contributed by atoms with E-state index in [4.69, 9.17) is 4.74 Å². The molecule has 0 saturated heterocycles. The van der Waals surface area contributed by atoms with Crippen molar-refractivity contribution in [1.29, 1.82) is 0 Å². The number of benzene rings is 2. The van der Waals surface area contributed by atoms with E-state index >= 15 is 0 Å². The summed E-state index contributed by atoms with van der Waals surface area (Å²) in [6, 6.07) is 17.3. The van der Waals surface area contributed by atoms with Gasteiger partial charge in [0.05, 0.1) is 0 Å². The number of aromatic nitrogens is 1. The van der Waals surface area contributed by atoms with Crippen LogP contribution in [0.1, 0.15) is 16.7 Å². The molecule has 4 nitrogen and oxygen atoms in total. The zero-order valence-corrected chi connectivity index (χ0v) is 14.9. The maximum atomic E-state index is 12.9. The van der Waals surface area contributed by atoms with Crippen LogP contribution in [-0.4, -0.2) is 10.9 Å². The molecule has 0 unspecified atom stereocenters. The second-order valence-corrected chi connectivity index (χ2v) is 5.94. The Balaban J connectivity index is 1.65. The summed E-state index contributed by atoms with van der Waals surface area (Å²) in [6.07, 6.45) is 4.55. The van der Waals surface area contributed by atoms with E-state index in [-0.39, 0.29) is 11.7 Å². The summed E-state index contributed by atoms with van der Waals surface area (Å²) in [6.45, 7) is 2.40. The lowest BCUT2D eigenvalue weighted by molar-refractivity contribution is -0.111. The number of rotatable bonds is 6. The van der Waals surface area contributed by atoms with E-state index in [9.17, 15) is 9.18 Å². The van der Waals surface area contributed by atoms with E-state index in [2.05, 4.69) is 10.3 Å². The molecule has 136 valence electrons. The fourth-order valence-electron chi connectivity index (χ4n) is 2.43. The van der Waals surface area contributed by atoms with Gasteiger partial charge in [-0.25, -0.2) is 9.37 Å². The van der Waals surface area contributed by atoms with Crippen molar-refractivity contribution in [3.8, 4) is 5.75 Å². The van der Waals surface area contributed by atoms with Crippen LogP contribution in [0.3, 0.4) is 0 Å². The van der Waals surface area contributed by atoms with Crippen LogP contribution in [0.2, 0.25) is 0 Å². The third kappa shape index (κ3) is 5.25. The number of nitrogens with one attached hydrogen (secondary N) is 1. The largest absolute Gasteiger partial charge is 0.485 e. The first kappa shape index (κ1) is 18.3. The van der Waals surface area contributed by atoms with Gasteiger partial charge in [0, 0.05) is 12.3 Å². The van der Waals surface area contributed by atoms with Crippen molar-refractivity contribution in [2.24, 2.45) is 0 Å². The van der Waals surface area contributed by atoms with Gasteiger partial charge in [0.15, 0.2) is 11.6 Å². The van der Waals surface area contributed by atoms with Crippen LogP contribution in [0.25, 0.3) is 6.08 Å². The molecule has 1 heterocycles. The van der Waals surface area contributed by atoms with Crippen LogP contribution in [0.15, 0.2) is 72.9 Å². The lowest BCUT2D eigenvalue weighted by Crippen LogP contribution is -2.11. The summed E-state index contributed by atoms with van der Waals surface area (Å²) < 4.78 is 18.7. The Bertz CT molecular complexity index is 953. The summed E-state index contributed by atoms with van der Waals surface area (Å²) in [5.74, 6) is 0.170. The van der Waals surface area contributed by atoms with Crippen LogP contribution in [0.5, 0.6) is 5.75 Å². The zero-order valence-electron chi connectivity index (χ0n) is 14.9. The van der Waals surface area contributed by atoms with Gasteiger partial charge in [-0.15, -0.1) is 0 Å². The van der Waals surface area contributed by atoms with Crippen molar-refractivity contribution in [3.63, 3.8) is 0 Å². The highest BCUT2D eigenvalue weighted by Crippen LogP contribution is 2.22. The lowest BCUT2D eigenvalue weighted by Gasteiger charge is -2.12. The Morgan fingerprint density at radius 1 is 1.11 bits per heavy atom. The van der Waals surface area contributed by atoms with Crippen LogP contribution in [-0.2, 0) is 11.4 Å². The minimum Gasteiger partial charge on any atom is -0.485 e. The number of nitrogens with zero attached hydrogens (tertiary/aromatic N) is 1. The fraction of sp³-hybridized carbons (Fsp3) is 0.0909. The number of aryl methyl sites for hydroxylation is 1. The van der Waals surface area contributed by atoms with Crippen molar-refractivity contribution in [2.75, 3.05) is 5.32 Å². The smallest absolute Gasteiger partial charge is 0.249 e. The van der Waals surface area contributed by atoms with E-state index < -0.39 is 0 Å². The van der Waals surface area contributed by atoms with Gasteiger partial charge in [0.25, 0.3) is 0 Å². The average molecular weight is 362 g/mol. The van der Waals surface area contributed by atoms with E-state index in [0.717, 1.165) is 16.7 Å². The Kier molecular flexibility index (Phi) is 5.94. The molecule has 3 rings (SSSR count). The summed E-state index contributed by atoms with van der Waals surface area (Å²) in [5.41, 5.74) is 2.92. The molecule has 1 N–H and O–H groups in total. The topological polar surface area (TPSA) is 51.2 Å². The molecule has 0 spiro atoms. The van der Waals surface area contributed by atoms with Crippen LogP contribution >= 0.6 is 0 Å². The normalized spacial score (nSPS) is 10.7. The number of anilines is 1. The Morgan fingerprint density at radius 3 is 2.67 bits per heavy atom. The van der Waals surface area contributed by atoms with Gasteiger partial charge < -0.3 is 10.1 Å². The van der Waals surface area contributed by atoms with Crippen LogP contribution in [0.4, 0.5) is 10.2 Å². The Hall–Kier alpha value is -3.47. The highest BCUT2D eigenvalue weighted by Gasteiger charge is 2.08. The average Bonchev–Trinajstić information content (AvgIpc) is 2.68. The predicted molar refractivity (Wildman–Crippen MR) is 104 cm³/mol. The molecule has 0 fully saturated rings. The molecule has 2 aromatic carbocycles. The Labute approximate surface area is 157 Å². The molecule has 1 amide bonds. The summed E-state index contributed by atoms with van der Waals surface area (Å²) >= 11 is 0. The molecule has 0 aliphatic carbocycles. The van der Waals surface area contributed by atoms with E-state index in [1.54, 1.807) is 36.5 Å². The molecule has 0 radical (unpaired) electrons. The third-order valence-electron chi connectivity index (χ3n) is 3.95. The molecule has 1 aromatic heterocycles. The first-order valence-corrected chi connectivity index (χ1v) is 8.49. The quantitative estimate of drug-likeness (QED) is 0.643. The van der Waals surface area contributed by atoms with Crippen molar-refractivity contribution >= 4 is 17.8 Å². The molecular formula is C22H19FN2O2. The van der Waals surface area contributed by atoms with Crippen LogP contribution in [0, 0.1) is 12.7 Å². The number of hydrogen-bond donors (Lipinski definition) is 1. The number of hydrogen-bond acceptors (Lipinski definition) is 3. The number of carbonyl (C=O) groups excluding carboxylic acids is 1. The second-order valence-electron chi connectivity index (χ2n) is 5.94. The molecule has 5 heteroatoms. The Morgan fingerprint density at radius 2 is 1.89 bits per heavy atom. The number of carbonyl (C=O) groups is 1. The number of ether oxygens (including phenoxy) is 1. The van der Waals surface area contributed by atoms with Crippen molar-refractivity contribution in [3.05, 3.63) is 95.4 Å². The van der Waals surface area contributed by atoms with Gasteiger partial charge >= 0.3 is 0 Å². The van der Waals surface area contributed by atoms with Crippen LogP contribution < -0.4 is 10.1 Å². The fourth-order valence-corrected chi connectivity index (χ4v) is 2.43. The first-order chi connectivity index (χ1) is 13.1. The monoisotopic (exact) mass is 362 g/mol. The molecule has 0 atom stereocenters. The second kappa shape index (κ2) is 8.76. The minimum absolute atomic E-state index is 0.319. The molecular weight excluding hydrogens is 343 g/mol. The van der Waals surface area contributed by atoms with Crippen molar-refractivity contribution in [2.45, 2.75) is 13.5 Å². The van der Waals surface area contributed by atoms with Gasteiger partial charge in [0.2, 0.25) is 5.91 Å². The molecule has 0 saturated carbocycles. The number of pyridine rings is 1. The zero-order chi connectivity index (χ0) is 19.1. The van der Waals surface area contributed by atoms with Crippen molar-refractivity contribution in [1.82, 2.24) is 4.98 Å². The highest BCUT2D eigenvalue weighted by molar-refractivity contribution is 6.02. The molecule has 0 aliphatic rings. The number of amides is 1. The highest BCUT2D eigenvalue weighted by atomic mass is 19.1. The minimum atomic E-state index is -0.348. The molecule has 0 aliphatic heterocycles. The van der Waals surface area contributed by atoms with E-state index in [0.29, 0.717) is 18.2 Å². The van der Waals surface area contributed by atoms with Gasteiger partial charge in [0.1, 0.15) is 12.4 Å². The standard InChI is InChI=1S/C22H19FN2O2/c1-16-5-2-3-6-18(16)15-27-20-7-4-14-24-22(20)25-21(26)13-10-17-8-11-19(23)12-9-17/h2-14H,15H2,1H3,(H,24,25,26)/b13-10+. The number of halogens is 1. The van der Waals surface area contributed by atoms with Gasteiger partial charge in [-0.3, -0.25) is 4.79 Å². The maximum absolute atomic E-state index is 12.9. The summed E-state index contributed by atoms with van der Waals surface area (Å²) in [4.78, 5) is 16.3. The molecule has 0 bridgehead atoms. The maximum Gasteiger partial charge on any atom is 0.249 e. The molecule has 3 aromatic rings. The van der Waals surface area contributed by atoms with Gasteiger partial charge in [-0.2, -0.15) is 0 Å². The molecule has 27 heavy (non-hydrogen) atoms. The lowest BCUT2D eigenvalue weighted by atomic mass is 10.1. The van der Waals surface area contributed by atoms with Gasteiger partial charge in [-0.1, -0.05) is 36.4 Å². The predicted octanol–water partition coefficient (Wildman–Crippen LogP) is 4.76. The van der Waals surface area contributed by atoms with Crippen molar-refractivity contribution < 1.29 is 13.9 Å². The summed E-state index contributed by atoms with van der Waals surface area (Å²) in [5, 5.41) is 2.71. The third-order valence-corrected chi connectivity index (χ3v) is 3.95. The van der Waals surface area contributed by atoms with Gasteiger partial charge in [-0.05, 0) is 54.0 Å². The van der Waals surface area contributed by atoms with E-state index in [1.807, 2.05) is 31.2 Å². The SMILES string of the molecule is Cc1ccccc1COc1cccnc1NC(=O)/C=C/c1ccc(F)cc1.